The largest absolute Gasteiger partial charge is 0.465 e. The molecule has 0 bridgehead atoms. The number of esters is 4. The van der Waals surface area contributed by atoms with Gasteiger partial charge in [-0.15, -0.1) is 6.58 Å². The molecule has 0 aromatic heterocycles. The maximum absolute atomic E-state index is 12.4. The van der Waals surface area contributed by atoms with E-state index >= 15 is 0 Å². The molecule has 0 aliphatic heterocycles. The molecule has 0 saturated carbocycles. The highest BCUT2D eigenvalue weighted by Crippen LogP contribution is 2.33. The van der Waals surface area contributed by atoms with Gasteiger partial charge in [0.25, 0.3) is 0 Å². The third kappa shape index (κ3) is 20.3. The number of hydrogen-bond donors (Lipinski definition) is 0. The molecular formula is C35H64O8. The van der Waals surface area contributed by atoms with Crippen LogP contribution in [-0.4, -0.2) is 50.3 Å². The normalized spacial score (nSPS) is 10.9. The van der Waals surface area contributed by atoms with Crippen LogP contribution in [0.2, 0.25) is 0 Å². The third-order valence-corrected chi connectivity index (χ3v) is 7.27. The molecule has 0 N–H and O–H groups in total. The summed E-state index contributed by atoms with van der Waals surface area (Å²) in [4.78, 5) is 48.3. The molecule has 0 rings (SSSR count). The molecule has 0 fully saturated rings. The van der Waals surface area contributed by atoms with Crippen LogP contribution in [0.25, 0.3) is 0 Å². The van der Waals surface area contributed by atoms with Crippen LogP contribution >= 0.6 is 0 Å². The first-order valence-electron chi connectivity index (χ1n) is 17.0. The first-order valence-corrected chi connectivity index (χ1v) is 17.0. The fourth-order valence-electron chi connectivity index (χ4n) is 4.85. The van der Waals surface area contributed by atoms with Gasteiger partial charge in [0, 0.05) is 0 Å². The van der Waals surface area contributed by atoms with Crippen LogP contribution in [0.15, 0.2) is 12.7 Å². The Morgan fingerprint density at radius 2 is 0.930 bits per heavy atom. The SMILES string of the molecule is C=CCC(CCCCCCCCC)(C(=O)OCC)C(=O)OCC.CCCCCCCCCC(C(=O)OCC)C(=O)OCC. The second-order valence-corrected chi connectivity index (χ2v) is 10.9. The predicted molar refractivity (Wildman–Crippen MR) is 172 cm³/mol. The van der Waals surface area contributed by atoms with E-state index in [1.807, 2.05) is 0 Å². The van der Waals surface area contributed by atoms with E-state index in [1.54, 1.807) is 33.8 Å². The van der Waals surface area contributed by atoms with Gasteiger partial charge in [-0.2, -0.15) is 0 Å². The van der Waals surface area contributed by atoms with Crippen molar-refractivity contribution >= 4 is 23.9 Å². The number of carbonyl (C=O) groups is 4. The fourth-order valence-corrected chi connectivity index (χ4v) is 4.85. The highest BCUT2D eigenvalue weighted by molar-refractivity contribution is 6.00. The molecule has 0 heterocycles. The second-order valence-electron chi connectivity index (χ2n) is 10.9. The van der Waals surface area contributed by atoms with Crippen molar-refractivity contribution in [1.29, 1.82) is 0 Å². The molecule has 0 saturated heterocycles. The van der Waals surface area contributed by atoms with Crippen LogP contribution in [0.5, 0.6) is 0 Å². The Labute approximate surface area is 263 Å². The Morgan fingerprint density at radius 1 is 0.558 bits per heavy atom. The summed E-state index contributed by atoms with van der Waals surface area (Å²) < 4.78 is 20.2. The van der Waals surface area contributed by atoms with Crippen molar-refractivity contribution in [1.82, 2.24) is 0 Å². The Balaban J connectivity index is 0. The average Bonchev–Trinajstić information content (AvgIpc) is 2.98. The molecule has 0 atom stereocenters. The maximum Gasteiger partial charge on any atom is 0.323 e. The lowest BCUT2D eigenvalue weighted by Crippen LogP contribution is -2.42. The van der Waals surface area contributed by atoms with Crippen LogP contribution in [0.3, 0.4) is 0 Å². The van der Waals surface area contributed by atoms with Gasteiger partial charge < -0.3 is 18.9 Å². The van der Waals surface area contributed by atoms with Crippen LogP contribution in [0, 0.1) is 11.3 Å². The maximum atomic E-state index is 12.4. The van der Waals surface area contributed by atoms with Crippen LogP contribution in [0.1, 0.15) is 151 Å². The van der Waals surface area contributed by atoms with E-state index in [0.717, 1.165) is 32.1 Å². The molecule has 0 radical (unpaired) electrons. The van der Waals surface area contributed by atoms with Gasteiger partial charge in [-0.3, -0.25) is 19.2 Å². The van der Waals surface area contributed by atoms with Crippen LogP contribution in [0.4, 0.5) is 0 Å². The number of ether oxygens (including phenoxy) is 4. The van der Waals surface area contributed by atoms with Crippen molar-refractivity contribution in [2.75, 3.05) is 26.4 Å². The van der Waals surface area contributed by atoms with Gasteiger partial charge >= 0.3 is 23.9 Å². The average molecular weight is 613 g/mol. The van der Waals surface area contributed by atoms with Crippen LogP contribution < -0.4 is 0 Å². The first kappa shape index (κ1) is 42.8. The topological polar surface area (TPSA) is 105 Å². The van der Waals surface area contributed by atoms with Gasteiger partial charge in [0.15, 0.2) is 11.3 Å². The summed E-state index contributed by atoms with van der Waals surface area (Å²) in [6.45, 7) is 16.2. The minimum absolute atomic E-state index is 0.258. The zero-order chi connectivity index (χ0) is 32.8. The van der Waals surface area contributed by atoms with E-state index in [2.05, 4.69) is 20.4 Å². The van der Waals surface area contributed by atoms with E-state index < -0.39 is 35.2 Å². The standard InChI is InChI=1S/C19H34O4.C16H30O4/c1-5-9-10-11-12-13-14-16-19(15-6-2,17(20)22-7-3)18(21)23-8-4;1-4-7-8-9-10-11-12-13-14(15(17)19-5-2)16(18)20-6-3/h6H,2,5,7-16H2,1,3-4H3;14H,4-13H2,1-3H3. The van der Waals surface area contributed by atoms with Gasteiger partial charge in [-0.1, -0.05) is 110 Å². The number of carbonyl (C=O) groups excluding carboxylic acids is 4. The summed E-state index contributed by atoms with van der Waals surface area (Å²) in [6.07, 6.45) is 18.9. The summed E-state index contributed by atoms with van der Waals surface area (Å²) in [5, 5.41) is 0. The Hall–Kier alpha value is -2.38. The molecule has 0 aromatic rings. The highest BCUT2D eigenvalue weighted by Gasteiger charge is 2.47. The summed E-state index contributed by atoms with van der Waals surface area (Å²) >= 11 is 0. The quantitative estimate of drug-likeness (QED) is 0.0314. The van der Waals surface area contributed by atoms with E-state index in [9.17, 15) is 19.2 Å². The molecule has 8 heteroatoms. The molecule has 8 nitrogen and oxygen atoms in total. The Morgan fingerprint density at radius 3 is 1.30 bits per heavy atom. The summed E-state index contributed by atoms with van der Waals surface area (Å²) in [5.41, 5.74) is -1.23. The van der Waals surface area contributed by atoms with E-state index in [1.165, 1.54) is 57.8 Å². The fraction of sp³-hybridized carbons (Fsp3) is 0.829. The molecule has 0 aliphatic carbocycles. The molecule has 43 heavy (non-hydrogen) atoms. The molecule has 0 spiro atoms. The lowest BCUT2D eigenvalue weighted by Gasteiger charge is -2.28. The molecule has 0 aromatic carbocycles. The molecule has 0 aliphatic rings. The minimum atomic E-state index is -1.23. The summed E-state index contributed by atoms with van der Waals surface area (Å²) in [5.74, 6) is -2.60. The number of allylic oxidation sites excluding steroid dienone is 1. The van der Waals surface area contributed by atoms with Crippen molar-refractivity contribution in [2.24, 2.45) is 11.3 Å². The Bertz CT molecular complexity index is 697. The van der Waals surface area contributed by atoms with Crippen molar-refractivity contribution in [3.8, 4) is 0 Å². The van der Waals surface area contributed by atoms with Crippen molar-refractivity contribution < 1.29 is 38.1 Å². The first-order chi connectivity index (χ1) is 20.8. The second kappa shape index (κ2) is 29.7. The van der Waals surface area contributed by atoms with Crippen molar-refractivity contribution in [3.63, 3.8) is 0 Å². The number of rotatable bonds is 26. The zero-order valence-electron chi connectivity index (χ0n) is 28.5. The summed E-state index contributed by atoms with van der Waals surface area (Å²) in [6, 6.07) is 0. The zero-order valence-corrected chi connectivity index (χ0v) is 28.5. The van der Waals surface area contributed by atoms with Gasteiger partial charge in [0.2, 0.25) is 0 Å². The van der Waals surface area contributed by atoms with Crippen molar-refractivity contribution in [2.45, 2.75) is 151 Å². The van der Waals surface area contributed by atoms with Gasteiger partial charge in [0.05, 0.1) is 26.4 Å². The smallest absolute Gasteiger partial charge is 0.323 e. The van der Waals surface area contributed by atoms with Gasteiger partial charge in [0.1, 0.15) is 0 Å². The summed E-state index contributed by atoms with van der Waals surface area (Å²) in [7, 11) is 0. The van der Waals surface area contributed by atoms with E-state index in [0.29, 0.717) is 26.1 Å². The van der Waals surface area contributed by atoms with Gasteiger partial charge in [-0.25, -0.2) is 0 Å². The monoisotopic (exact) mass is 612 g/mol. The van der Waals surface area contributed by atoms with Crippen molar-refractivity contribution in [3.05, 3.63) is 12.7 Å². The number of unbranched alkanes of at least 4 members (excludes halogenated alkanes) is 12. The van der Waals surface area contributed by atoms with E-state index in [4.69, 9.17) is 18.9 Å². The molecular weight excluding hydrogens is 548 g/mol. The number of hydrogen-bond acceptors (Lipinski definition) is 8. The van der Waals surface area contributed by atoms with Crippen LogP contribution in [-0.2, 0) is 38.1 Å². The predicted octanol–water partition coefficient (Wildman–Crippen LogP) is 8.69. The lowest BCUT2D eigenvalue weighted by molar-refractivity contribution is -0.173. The molecule has 0 amide bonds. The third-order valence-electron chi connectivity index (χ3n) is 7.27. The van der Waals surface area contributed by atoms with E-state index in [-0.39, 0.29) is 19.6 Å². The Kier molecular flexibility index (Phi) is 29.5. The molecule has 252 valence electrons. The molecule has 0 unspecified atom stereocenters. The minimum Gasteiger partial charge on any atom is -0.465 e. The highest BCUT2D eigenvalue weighted by atomic mass is 16.6. The lowest BCUT2D eigenvalue weighted by atomic mass is 9.79. The van der Waals surface area contributed by atoms with Gasteiger partial charge in [-0.05, 0) is 47.0 Å².